The Bertz CT molecular complexity index is 1570. The van der Waals surface area contributed by atoms with Gasteiger partial charge in [-0.05, 0) is 43.0 Å². The number of fused-ring (bicyclic) bond motifs is 1. The van der Waals surface area contributed by atoms with Gasteiger partial charge in [0.25, 0.3) is 5.56 Å². The average Bonchev–Trinajstić information content (AvgIpc) is 2.96. The highest BCUT2D eigenvalue weighted by Crippen LogP contribution is 2.30. The van der Waals surface area contributed by atoms with Crippen molar-refractivity contribution in [3.8, 4) is 0 Å². The first kappa shape index (κ1) is 27.3. The summed E-state index contributed by atoms with van der Waals surface area (Å²) in [6, 6.07) is 9.06. The van der Waals surface area contributed by atoms with Gasteiger partial charge in [0, 0.05) is 75.9 Å². The van der Waals surface area contributed by atoms with Crippen molar-refractivity contribution in [1.29, 1.82) is 0 Å². The van der Waals surface area contributed by atoms with Crippen LogP contribution in [0.3, 0.4) is 0 Å². The van der Waals surface area contributed by atoms with E-state index in [1.165, 1.54) is 0 Å². The fraction of sp³-hybridized carbons (Fsp3) is 0.357. The summed E-state index contributed by atoms with van der Waals surface area (Å²) in [5, 5.41) is 7.87. The minimum atomic E-state index is -0.122. The molecule has 0 atom stereocenters. The fourth-order valence-electron chi connectivity index (χ4n) is 4.78. The highest BCUT2D eigenvalue weighted by atomic mass is 35.5. The van der Waals surface area contributed by atoms with E-state index in [1.54, 1.807) is 61.3 Å². The van der Waals surface area contributed by atoms with Crippen LogP contribution in [-0.2, 0) is 18.4 Å². The number of nitrogens with zero attached hydrogens (tertiary/aromatic N) is 7. The summed E-state index contributed by atoms with van der Waals surface area (Å²) in [7, 11) is 5.33. The van der Waals surface area contributed by atoms with Gasteiger partial charge in [-0.1, -0.05) is 11.6 Å². The molecule has 0 bridgehead atoms. The van der Waals surface area contributed by atoms with Crippen LogP contribution in [0.1, 0.15) is 25.1 Å². The van der Waals surface area contributed by atoms with Crippen molar-refractivity contribution in [3.05, 3.63) is 70.1 Å². The lowest BCUT2D eigenvalue weighted by atomic mass is 9.93. The highest BCUT2D eigenvalue weighted by Gasteiger charge is 2.24. The first-order valence-corrected chi connectivity index (χ1v) is 13.5. The topological polar surface area (TPSA) is 121 Å². The average molecular weight is 562 g/mol. The predicted octanol–water partition coefficient (Wildman–Crippen LogP) is 3.82. The summed E-state index contributed by atoms with van der Waals surface area (Å²) < 4.78 is 1.61. The molecule has 1 aliphatic heterocycles. The number of rotatable bonds is 8. The third kappa shape index (κ3) is 6.15. The lowest BCUT2D eigenvalue weighted by Gasteiger charge is -2.32. The maximum absolute atomic E-state index is 12.6. The van der Waals surface area contributed by atoms with Gasteiger partial charge < -0.3 is 25.0 Å². The molecule has 0 radical (unpaired) electrons. The molecule has 1 fully saturated rings. The van der Waals surface area contributed by atoms with E-state index in [0.717, 1.165) is 42.5 Å². The molecule has 1 aliphatic rings. The second-order valence-corrected chi connectivity index (χ2v) is 10.5. The summed E-state index contributed by atoms with van der Waals surface area (Å²) in [5.74, 6) is 2.24. The molecule has 2 N–H and O–H groups in total. The number of pyridine rings is 1. The van der Waals surface area contributed by atoms with Gasteiger partial charge in [-0.3, -0.25) is 9.59 Å². The molecule has 0 spiro atoms. The van der Waals surface area contributed by atoms with Crippen LogP contribution in [0.4, 0.5) is 23.1 Å². The lowest BCUT2D eigenvalue weighted by molar-refractivity contribution is -0.129. The number of halogens is 1. The Balaban J connectivity index is 1.35. The van der Waals surface area contributed by atoms with E-state index in [4.69, 9.17) is 16.6 Å². The molecule has 5 rings (SSSR count). The molecule has 208 valence electrons. The van der Waals surface area contributed by atoms with Crippen molar-refractivity contribution in [2.75, 3.05) is 42.7 Å². The van der Waals surface area contributed by atoms with Crippen LogP contribution in [0.15, 0.2) is 53.7 Å². The quantitative estimate of drug-likeness (QED) is 0.330. The number of amides is 1. The van der Waals surface area contributed by atoms with Crippen LogP contribution in [-0.4, -0.2) is 62.5 Å². The molecule has 0 aliphatic carbocycles. The predicted molar refractivity (Wildman–Crippen MR) is 157 cm³/mol. The summed E-state index contributed by atoms with van der Waals surface area (Å²) in [6.07, 6.45) is 7.34. The summed E-state index contributed by atoms with van der Waals surface area (Å²) in [4.78, 5) is 46.2. The number of aryl methyl sites for hydroxylation is 1. The largest absolute Gasteiger partial charge is 0.377 e. The standard InChI is InChI=1S/C28H32ClN9O2/c1-36(2)25(39)13-18-7-11-38(12-8-18)28-33-16-21(29)27(35-28)34-19-5-6-23-20(14-19)22(15-26(40)37(23)3)32-17-24-30-9-4-10-31-24/h4-6,9-10,14-16,18,32H,7-8,11-13,17H2,1-3H3,(H,33,34,35). The SMILES string of the molecule is CN(C)C(=O)CC1CCN(c2ncc(Cl)c(Nc3ccc4c(c3)c(NCc3ncccn3)cc(=O)n4C)n2)CC1. The number of aromatic nitrogens is 5. The molecule has 1 saturated heterocycles. The van der Waals surface area contributed by atoms with Crippen LogP contribution >= 0.6 is 11.6 Å². The zero-order chi connectivity index (χ0) is 28.2. The number of hydrogen-bond donors (Lipinski definition) is 2. The Morgan fingerprint density at radius 3 is 2.60 bits per heavy atom. The van der Waals surface area contributed by atoms with Crippen molar-refractivity contribution in [2.24, 2.45) is 13.0 Å². The number of piperidine rings is 1. The summed E-state index contributed by atoms with van der Waals surface area (Å²) in [5.41, 5.74) is 2.10. The zero-order valence-electron chi connectivity index (χ0n) is 22.8. The number of anilines is 4. The molecule has 11 nitrogen and oxygen atoms in total. The van der Waals surface area contributed by atoms with Crippen LogP contribution < -0.4 is 21.1 Å². The van der Waals surface area contributed by atoms with Crippen molar-refractivity contribution in [1.82, 2.24) is 29.4 Å². The maximum atomic E-state index is 12.6. The lowest BCUT2D eigenvalue weighted by Crippen LogP contribution is -2.36. The maximum Gasteiger partial charge on any atom is 0.252 e. The van der Waals surface area contributed by atoms with E-state index < -0.39 is 0 Å². The molecule has 1 amide bonds. The van der Waals surface area contributed by atoms with Gasteiger partial charge in [-0.25, -0.2) is 15.0 Å². The summed E-state index contributed by atoms with van der Waals surface area (Å²) in [6.45, 7) is 1.93. The van der Waals surface area contributed by atoms with Crippen LogP contribution in [0.5, 0.6) is 0 Å². The number of carbonyl (C=O) groups is 1. The minimum absolute atomic E-state index is 0.122. The molecule has 3 aromatic heterocycles. The van der Waals surface area contributed by atoms with Crippen molar-refractivity contribution in [2.45, 2.75) is 25.8 Å². The molecule has 4 aromatic rings. The molecule has 0 unspecified atom stereocenters. The molecule has 4 heterocycles. The van der Waals surface area contributed by atoms with Gasteiger partial charge in [0.15, 0.2) is 5.82 Å². The van der Waals surface area contributed by atoms with Crippen LogP contribution in [0.2, 0.25) is 5.02 Å². The number of carbonyl (C=O) groups excluding carboxylic acids is 1. The molecule has 1 aromatic carbocycles. The monoisotopic (exact) mass is 561 g/mol. The minimum Gasteiger partial charge on any atom is -0.377 e. The normalized spacial score (nSPS) is 13.8. The Morgan fingerprint density at radius 2 is 1.88 bits per heavy atom. The summed E-state index contributed by atoms with van der Waals surface area (Å²) >= 11 is 6.49. The van der Waals surface area contributed by atoms with Crippen LogP contribution in [0.25, 0.3) is 10.9 Å². The fourth-order valence-corrected chi connectivity index (χ4v) is 4.92. The Hall–Kier alpha value is -4.25. The molecule has 0 saturated carbocycles. The second kappa shape index (κ2) is 11.9. The first-order chi connectivity index (χ1) is 19.3. The van der Waals surface area contributed by atoms with E-state index in [9.17, 15) is 9.59 Å². The van der Waals surface area contributed by atoms with Gasteiger partial charge in [0.05, 0.1) is 18.3 Å². The third-order valence-electron chi connectivity index (χ3n) is 7.16. The Kier molecular flexibility index (Phi) is 8.11. The van der Waals surface area contributed by atoms with Crippen molar-refractivity contribution >= 4 is 51.6 Å². The van der Waals surface area contributed by atoms with Crippen molar-refractivity contribution in [3.63, 3.8) is 0 Å². The van der Waals surface area contributed by atoms with E-state index in [-0.39, 0.29) is 11.5 Å². The third-order valence-corrected chi connectivity index (χ3v) is 7.43. The van der Waals surface area contributed by atoms with E-state index in [2.05, 4.69) is 30.5 Å². The van der Waals surface area contributed by atoms with Gasteiger partial charge >= 0.3 is 0 Å². The van der Waals surface area contributed by atoms with Gasteiger partial charge in [0.2, 0.25) is 11.9 Å². The molecular formula is C28H32ClN9O2. The second-order valence-electron chi connectivity index (χ2n) is 10.1. The Morgan fingerprint density at radius 1 is 1.12 bits per heavy atom. The van der Waals surface area contributed by atoms with Gasteiger partial charge in [-0.2, -0.15) is 4.98 Å². The number of benzene rings is 1. The highest BCUT2D eigenvalue weighted by molar-refractivity contribution is 6.32. The van der Waals surface area contributed by atoms with Crippen molar-refractivity contribution < 1.29 is 4.79 Å². The van der Waals surface area contributed by atoms with E-state index >= 15 is 0 Å². The molecular weight excluding hydrogens is 530 g/mol. The van der Waals surface area contributed by atoms with E-state index in [0.29, 0.717) is 47.2 Å². The number of hydrogen-bond acceptors (Lipinski definition) is 9. The van der Waals surface area contributed by atoms with Crippen LogP contribution in [0, 0.1) is 5.92 Å². The van der Waals surface area contributed by atoms with Gasteiger partial charge in [0.1, 0.15) is 10.8 Å². The smallest absolute Gasteiger partial charge is 0.252 e. The molecule has 40 heavy (non-hydrogen) atoms. The zero-order valence-corrected chi connectivity index (χ0v) is 23.5. The molecule has 12 heteroatoms. The first-order valence-electron chi connectivity index (χ1n) is 13.2. The van der Waals surface area contributed by atoms with E-state index in [1.807, 2.05) is 18.2 Å². The number of nitrogens with one attached hydrogen (secondary N) is 2. The Labute approximate surface area is 237 Å². The van der Waals surface area contributed by atoms with Gasteiger partial charge in [-0.15, -0.1) is 0 Å².